The van der Waals surface area contributed by atoms with Crippen molar-refractivity contribution < 1.29 is 14.3 Å². The zero-order valence-electron chi connectivity index (χ0n) is 13.4. The highest BCUT2D eigenvalue weighted by molar-refractivity contribution is 6.32. The molecular weight excluding hydrogens is 340 g/mol. The zero-order valence-corrected chi connectivity index (χ0v) is 14.2. The topological polar surface area (TPSA) is 68.3 Å². The SMILES string of the molecule is C[C@H](OC(=O)c1cccnc1Cl)C(=O)Nc1ccc2ccccc2c1. The van der Waals surface area contributed by atoms with Gasteiger partial charge in [0.1, 0.15) is 5.15 Å². The van der Waals surface area contributed by atoms with Gasteiger partial charge in [-0.3, -0.25) is 4.79 Å². The molecule has 0 spiro atoms. The summed E-state index contributed by atoms with van der Waals surface area (Å²) in [5.74, 6) is -1.12. The fourth-order valence-corrected chi connectivity index (χ4v) is 2.52. The van der Waals surface area contributed by atoms with Gasteiger partial charge in [0.25, 0.3) is 5.91 Å². The summed E-state index contributed by atoms with van der Waals surface area (Å²) < 4.78 is 5.16. The zero-order chi connectivity index (χ0) is 17.8. The van der Waals surface area contributed by atoms with Gasteiger partial charge in [-0.2, -0.15) is 0 Å². The van der Waals surface area contributed by atoms with Crippen molar-refractivity contribution in [1.82, 2.24) is 4.98 Å². The van der Waals surface area contributed by atoms with E-state index in [1.54, 1.807) is 12.1 Å². The Bertz CT molecular complexity index is 943. The van der Waals surface area contributed by atoms with Crippen molar-refractivity contribution in [3.8, 4) is 0 Å². The Balaban J connectivity index is 1.67. The van der Waals surface area contributed by atoms with E-state index in [0.29, 0.717) is 5.69 Å². The van der Waals surface area contributed by atoms with Gasteiger partial charge in [0.05, 0.1) is 5.56 Å². The Morgan fingerprint density at radius 2 is 1.84 bits per heavy atom. The van der Waals surface area contributed by atoms with Gasteiger partial charge < -0.3 is 10.1 Å². The fraction of sp³-hybridized carbons (Fsp3) is 0.105. The van der Waals surface area contributed by atoms with Gasteiger partial charge in [0.2, 0.25) is 0 Å². The molecule has 0 radical (unpaired) electrons. The Labute approximate surface area is 149 Å². The Morgan fingerprint density at radius 1 is 1.08 bits per heavy atom. The standard InChI is InChI=1S/C19H15ClN2O3/c1-12(25-19(24)16-7-4-10-21-17(16)20)18(23)22-15-9-8-13-5-2-3-6-14(13)11-15/h2-12H,1H3,(H,22,23)/t12-/m0/s1. The molecule has 3 rings (SSSR count). The first-order valence-electron chi connectivity index (χ1n) is 7.66. The number of benzene rings is 2. The second-order valence-electron chi connectivity index (χ2n) is 5.44. The van der Waals surface area contributed by atoms with E-state index in [0.717, 1.165) is 10.8 Å². The average molecular weight is 355 g/mol. The number of halogens is 1. The van der Waals surface area contributed by atoms with Crippen molar-refractivity contribution in [2.45, 2.75) is 13.0 Å². The molecule has 0 unspecified atom stereocenters. The highest BCUT2D eigenvalue weighted by Crippen LogP contribution is 2.19. The van der Waals surface area contributed by atoms with Crippen molar-refractivity contribution >= 4 is 39.9 Å². The number of amides is 1. The summed E-state index contributed by atoms with van der Waals surface area (Å²) in [6, 6.07) is 16.5. The molecule has 5 nitrogen and oxygen atoms in total. The Morgan fingerprint density at radius 3 is 2.60 bits per heavy atom. The molecule has 1 N–H and O–H groups in total. The number of pyridine rings is 1. The van der Waals surface area contributed by atoms with Crippen LogP contribution < -0.4 is 5.32 Å². The van der Waals surface area contributed by atoms with Gasteiger partial charge in [-0.05, 0) is 42.0 Å². The van der Waals surface area contributed by atoms with E-state index in [4.69, 9.17) is 16.3 Å². The van der Waals surface area contributed by atoms with Crippen LogP contribution in [0.2, 0.25) is 5.15 Å². The van der Waals surface area contributed by atoms with Crippen LogP contribution in [-0.4, -0.2) is 23.0 Å². The minimum Gasteiger partial charge on any atom is -0.449 e. The monoisotopic (exact) mass is 354 g/mol. The number of nitrogens with one attached hydrogen (secondary N) is 1. The third-order valence-electron chi connectivity index (χ3n) is 3.65. The second-order valence-corrected chi connectivity index (χ2v) is 5.80. The molecule has 1 amide bonds. The maximum Gasteiger partial charge on any atom is 0.342 e. The molecule has 25 heavy (non-hydrogen) atoms. The molecule has 0 bridgehead atoms. The summed E-state index contributed by atoms with van der Waals surface area (Å²) >= 11 is 5.85. The van der Waals surface area contributed by atoms with Crippen LogP contribution in [-0.2, 0) is 9.53 Å². The smallest absolute Gasteiger partial charge is 0.342 e. The van der Waals surface area contributed by atoms with E-state index in [-0.39, 0.29) is 10.7 Å². The number of aromatic nitrogens is 1. The number of anilines is 1. The molecule has 1 heterocycles. The minimum atomic E-state index is -0.977. The molecule has 0 fully saturated rings. The molecule has 1 atom stereocenters. The van der Waals surface area contributed by atoms with Crippen molar-refractivity contribution in [3.05, 3.63) is 71.5 Å². The molecule has 6 heteroatoms. The molecule has 126 valence electrons. The molecule has 0 saturated carbocycles. The van der Waals surface area contributed by atoms with Gasteiger partial charge in [0.15, 0.2) is 6.10 Å². The Hall–Kier alpha value is -2.92. The summed E-state index contributed by atoms with van der Waals surface area (Å²) in [6.07, 6.45) is 0.491. The Kier molecular flexibility index (Phi) is 4.95. The number of fused-ring (bicyclic) bond motifs is 1. The van der Waals surface area contributed by atoms with Crippen LogP contribution in [0, 0.1) is 0 Å². The van der Waals surface area contributed by atoms with E-state index in [1.807, 2.05) is 36.4 Å². The third kappa shape index (κ3) is 3.95. The van der Waals surface area contributed by atoms with Gasteiger partial charge in [-0.25, -0.2) is 9.78 Å². The number of carbonyl (C=O) groups is 2. The van der Waals surface area contributed by atoms with E-state index < -0.39 is 18.0 Å². The van der Waals surface area contributed by atoms with Crippen LogP contribution in [0.4, 0.5) is 5.69 Å². The van der Waals surface area contributed by atoms with E-state index >= 15 is 0 Å². The first kappa shape index (κ1) is 16.9. The number of rotatable bonds is 4. The van der Waals surface area contributed by atoms with E-state index in [1.165, 1.54) is 19.2 Å². The molecule has 1 aromatic heterocycles. The predicted octanol–water partition coefficient (Wildman–Crippen LogP) is 4.07. The molecule has 0 saturated heterocycles. The summed E-state index contributed by atoms with van der Waals surface area (Å²) in [4.78, 5) is 28.2. The predicted molar refractivity (Wildman–Crippen MR) is 96.7 cm³/mol. The van der Waals surface area contributed by atoms with Crippen LogP contribution in [0.5, 0.6) is 0 Å². The highest BCUT2D eigenvalue weighted by Gasteiger charge is 2.21. The van der Waals surface area contributed by atoms with E-state index in [9.17, 15) is 9.59 Å². The molecule has 0 aliphatic carbocycles. The number of ether oxygens (including phenoxy) is 1. The normalized spacial score (nSPS) is 11.8. The third-order valence-corrected chi connectivity index (χ3v) is 3.95. The molecular formula is C19H15ClN2O3. The van der Waals surface area contributed by atoms with E-state index in [2.05, 4.69) is 10.3 Å². The van der Waals surface area contributed by atoms with Crippen LogP contribution in [0.3, 0.4) is 0 Å². The maximum absolute atomic E-state index is 12.3. The minimum absolute atomic E-state index is 0.0367. The van der Waals surface area contributed by atoms with Crippen LogP contribution >= 0.6 is 11.6 Å². The quantitative estimate of drug-likeness (QED) is 0.566. The molecule has 0 aliphatic rings. The lowest BCUT2D eigenvalue weighted by Crippen LogP contribution is -2.30. The van der Waals surface area contributed by atoms with Crippen molar-refractivity contribution in [3.63, 3.8) is 0 Å². The maximum atomic E-state index is 12.3. The fourth-order valence-electron chi connectivity index (χ4n) is 2.33. The van der Waals surface area contributed by atoms with Gasteiger partial charge in [-0.15, -0.1) is 0 Å². The lowest BCUT2D eigenvalue weighted by Gasteiger charge is -2.14. The molecule has 2 aromatic carbocycles. The number of hydrogen-bond acceptors (Lipinski definition) is 4. The number of esters is 1. The second kappa shape index (κ2) is 7.32. The number of hydrogen-bond donors (Lipinski definition) is 1. The lowest BCUT2D eigenvalue weighted by molar-refractivity contribution is -0.123. The van der Waals surface area contributed by atoms with Crippen molar-refractivity contribution in [2.24, 2.45) is 0 Å². The van der Waals surface area contributed by atoms with Crippen LogP contribution in [0.1, 0.15) is 17.3 Å². The lowest BCUT2D eigenvalue weighted by atomic mass is 10.1. The highest BCUT2D eigenvalue weighted by atomic mass is 35.5. The van der Waals surface area contributed by atoms with Crippen molar-refractivity contribution in [1.29, 1.82) is 0 Å². The average Bonchev–Trinajstić information content (AvgIpc) is 2.61. The van der Waals surface area contributed by atoms with Gasteiger partial charge in [0, 0.05) is 11.9 Å². The van der Waals surface area contributed by atoms with Gasteiger partial charge in [-0.1, -0.05) is 41.9 Å². The first-order chi connectivity index (χ1) is 12.0. The van der Waals surface area contributed by atoms with Crippen molar-refractivity contribution in [2.75, 3.05) is 5.32 Å². The number of carbonyl (C=O) groups excluding carboxylic acids is 2. The van der Waals surface area contributed by atoms with Gasteiger partial charge >= 0.3 is 5.97 Å². The summed E-state index contributed by atoms with van der Waals surface area (Å²) in [7, 11) is 0. The first-order valence-corrected chi connectivity index (χ1v) is 8.03. The van der Waals surface area contributed by atoms with Crippen LogP contribution in [0.25, 0.3) is 10.8 Å². The van der Waals surface area contributed by atoms with Crippen LogP contribution in [0.15, 0.2) is 60.8 Å². The molecule has 3 aromatic rings. The summed E-state index contributed by atoms with van der Waals surface area (Å²) in [5.41, 5.74) is 0.750. The largest absolute Gasteiger partial charge is 0.449 e. The summed E-state index contributed by atoms with van der Waals surface area (Å²) in [5, 5.41) is 4.86. The number of nitrogens with zero attached hydrogens (tertiary/aromatic N) is 1. The summed E-state index contributed by atoms with van der Waals surface area (Å²) in [6.45, 7) is 1.50. The molecule has 0 aliphatic heterocycles.